The number of amides is 1. The monoisotopic (exact) mass is 415 g/mol. The second-order valence-corrected chi connectivity index (χ2v) is 7.05. The molecule has 0 aliphatic heterocycles. The minimum absolute atomic E-state index is 0.156. The van der Waals surface area contributed by atoms with Crippen molar-refractivity contribution in [3.8, 4) is 5.69 Å². The number of carbonyl (C=O) groups excluding carboxylic acids is 1. The number of imidazole rings is 1. The summed E-state index contributed by atoms with van der Waals surface area (Å²) in [6.45, 7) is 4.25. The molecule has 0 spiro atoms. The number of nitrogens with zero attached hydrogens (tertiary/aromatic N) is 2. The lowest BCUT2D eigenvalue weighted by Crippen LogP contribution is -2.12. The van der Waals surface area contributed by atoms with Gasteiger partial charge in [0.1, 0.15) is 6.33 Å². The van der Waals surface area contributed by atoms with Gasteiger partial charge in [-0.3, -0.25) is 9.36 Å². The molecular weight excluding hydrogens is 390 g/mol. The van der Waals surface area contributed by atoms with E-state index >= 15 is 0 Å². The highest BCUT2D eigenvalue weighted by Crippen LogP contribution is 2.19. The van der Waals surface area contributed by atoms with Crippen LogP contribution in [-0.2, 0) is 16.1 Å². The fourth-order valence-corrected chi connectivity index (χ4v) is 3.33. The van der Waals surface area contributed by atoms with Gasteiger partial charge in [0, 0.05) is 23.5 Å². The largest absolute Gasteiger partial charge is 0.379 e. The Morgan fingerprint density at radius 1 is 0.968 bits per heavy atom. The Hall–Kier alpha value is -3.48. The van der Waals surface area contributed by atoms with Crippen LogP contribution in [0.3, 0.4) is 0 Å². The SMILES string of the molecule is CCOCCOCc1cccc(NC(=O)c2ccc(-n3cnc4ccccc43)cc2)c1. The van der Waals surface area contributed by atoms with Crippen LogP contribution in [0.4, 0.5) is 5.69 Å². The van der Waals surface area contributed by atoms with Gasteiger partial charge in [-0.2, -0.15) is 0 Å². The molecule has 0 radical (unpaired) electrons. The van der Waals surface area contributed by atoms with Crippen LogP contribution >= 0.6 is 0 Å². The fourth-order valence-electron chi connectivity index (χ4n) is 3.33. The number of ether oxygens (including phenoxy) is 2. The van der Waals surface area contributed by atoms with E-state index in [-0.39, 0.29) is 5.91 Å². The van der Waals surface area contributed by atoms with Crippen LogP contribution in [0.5, 0.6) is 0 Å². The lowest BCUT2D eigenvalue weighted by molar-refractivity contribution is 0.0453. The third kappa shape index (κ3) is 5.17. The molecule has 0 saturated heterocycles. The molecule has 0 unspecified atom stereocenters. The number of aromatic nitrogens is 2. The zero-order valence-electron chi connectivity index (χ0n) is 17.5. The second-order valence-electron chi connectivity index (χ2n) is 7.05. The molecule has 0 aliphatic rings. The smallest absolute Gasteiger partial charge is 0.255 e. The molecule has 0 aliphatic carbocycles. The summed E-state index contributed by atoms with van der Waals surface area (Å²) in [4.78, 5) is 17.1. The molecule has 6 heteroatoms. The zero-order valence-corrected chi connectivity index (χ0v) is 17.5. The van der Waals surface area contributed by atoms with E-state index in [1.807, 2.05) is 84.3 Å². The summed E-state index contributed by atoms with van der Waals surface area (Å²) < 4.78 is 12.9. The van der Waals surface area contributed by atoms with E-state index < -0.39 is 0 Å². The van der Waals surface area contributed by atoms with Crippen molar-refractivity contribution in [2.24, 2.45) is 0 Å². The van der Waals surface area contributed by atoms with Gasteiger partial charge in [-0.15, -0.1) is 0 Å². The maximum atomic E-state index is 12.7. The minimum atomic E-state index is -0.156. The van der Waals surface area contributed by atoms with E-state index in [0.717, 1.165) is 28.0 Å². The summed E-state index contributed by atoms with van der Waals surface area (Å²) >= 11 is 0. The molecule has 1 aromatic heterocycles. The Morgan fingerprint density at radius 3 is 2.61 bits per heavy atom. The number of anilines is 1. The first kappa shape index (κ1) is 20.8. The molecule has 4 rings (SSSR count). The van der Waals surface area contributed by atoms with E-state index in [2.05, 4.69) is 10.3 Å². The van der Waals surface area contributed by atoms with Gasteiger partial charge in [0.05, 0.1) is 30.9 Å². The van der Waals surface area contributed by atoms with E-state index in [1.165, 1.54) is 0 Å². The summed E-state index contributed by atoms with van der Waals surface area (Å²) in [5.74, 6) is -0.156. The van der Waals surface area contributed by atoms with Gasteiger partial charge in [0.15, 0.2) is 0 Å². The molecule has 6 nitrogen and oxygen atoms in total. The highest BCUT2D eigenvalue weighted by molar-refractivity contribution is 6.04. The summed E-state index contributed by atoms with van der Waals surface area (Å²) in [5, 5.41) is 2.95. The van der Waals surface area contributed by atoms with Gasteiger partial charge in [-0.1, -0.05) is 24.3 Å². The molecule has 0 atom stereocenters. The molecule has 3 aromatic carbocycles. The van der Waals surface area contributed by atoms with Crippen molar-refractivity contribution in [3.05, 3.63) is 90.3 Å². The van der Waals surface area contributed by atoms with Crippen LogP contribution in [0, 0.1) is 0 Å². The molecule has 1 N–H and O–H groups in total. The standard InChI is InChI=1S/C25H25N3O3/c1-2-30-14-15-31-17-19-6-5-7-21(16-19)27-25(29)20-10-12-22(13-11-20)28-18-26-23-8-3-4-9-24(23)28/h3-13,16,18H,2,14-15,17H2,1H3,(H,27,29). The van der Waals surface area contributed by atoms with Crippen molar-refractivity contribution in [1.29, 1.82) is 0 Å². The predicted molar refractivity (Wildman–Crippen MR) is 122 cm³/mol. The number of carbonyl (C=O) groups is 1. The average Bonchev–Trinajstić information content (AvgIpc) is 3.23. The van der Waals surface area contributed by atoms with Crippen LogP contribution < -0.4 is 5.32 Å². The van der Waals surface area contributed by atoms with E-state index in [0.29, 0.717) is 32.0 Å². The van der Waals surface area contributed by atoms with E-state index in [4.69, 9.17) is 9.47 Å². The molecule has 31 heavy (non-hydrogen) atoms. The topological polar surface area (TPSA) is 65.4 Å². The number of hydrogen-bond donors (Lipinski definition) is 1. The number of nitrogens with one attached hydrogen (secondary N) is 1. The maximum Gasteiger partial charge on any atom is 0.255 e. The first-order valence-electron chi connectivity index (χ1n) is 10.3. The molecule has 0 fully saturated rings. The number of para-hydroxylation sites is 2. The summed E-state index contributed by atoms with van der Waals surface area (Å²) in [6.07, 6.45) is 1.79. The van der Waals surface area contributed by atoms with Crippen LogP contribution in [-0.4, -0.2) is 35.3 Å². The van der Waals surface area contributed by atoms with Crippen molar-refractivity contribution in [2.75, 3.05) is 25.1 Å². The fraction of sp³-hybridized carbons (Fsp3) is 0.200. The number of fused-ring (bicyclic) bond motifs is 1. The maximum absolute atomic E-state index is 12.7. The van der Waals surface area contributed by atoms with Gasteiger partial charge in [0.25, 0.3) is 5.91 Å². The van der Waals surface area contributed by atoms with Gasteiger partial charge >= 0.3 is 0 Å². The summed E-state index contributed by atoms with van der Waals surface area (Å²) in [5.41, 5.74) is 5.24. The van der Waals surface area contributed by atoms with Gasteiger partial charge in [-0.25, -0.2) is 4.98 Å². The molecule has 4 aromatic rings. The highest BCUT2D eigenvalue weighted by Gasteiger charge is 2.09. The normalized spacial score (nSPS) is 11.0. The van der Waals surface area contributed by atoms with Crippen LogP contribution in [0.25, 0.3) is 16.7 Å². The minimum Gasteiger partial charge on any atom is -0.379 e. The third-order valence-corrected chi connectivity index (χ3v) is 4.89. The first-order valence-corrected chi connectivity index (χ1v) is 10.3. The van der Waals surface area contributed by atoms with E-state index in [1.54, 1.807) is 6.33 Å². The predicted octanol–water partition coefficient (Wildman–Crippen LogP) is 4.83. The molecule has 158 valence electrons. The Labute approximate surface area is 181 Å². The zero-order chi connectivity index (χ0) is 21.5. The van der Waals surface area contributed by atoms with E-state index in [9.17, 15) is 4.79 Å². The van der Waals surface area contributed by atoms with Crippen LogP contribution in [0.1, 0.15) is 22.8 Å². The van der Waals surface area contributed by atoms with Crippen molar-refractivity contribution in [3.63, 3.8) is 0 Å². The lowest BCUT2D eigenvalue weighted by atomic mass is 10.1. The van der Waals surface area contributed by atoms with Crippen LogP contribution in [0.2, 0.25) is 0 Å². The number of rotatable bonds is 9. The van der Waals surface area contributed by atoms with Crippen molar-refractivity contribution >= 4 is 22.6 Å². The molecule has 1 heterocycles. The summed E-state index contributed by atoms with van der Waals surface area (Å²) in [7, 11) is 0. The number of benzene rings is 3. The molecule has 0 bridgehead atoms. The molecule has 1 amide bonds. The summed E-state index contributed by atoms with van der Waals surface area (Å²) in [6, 6.07) is 23.1. The number of hydrogen-bond acceptors (Lipinski definition) is 4. The second kappa shape index (κ2) is 10.0. The Balaban J connectivity index is 1.39. The van der Waals surface area contributed by atoms with Gasteiger partial charge < -0.3 is 14.8 Å². The Bertz CT molecular complexity index is 1150. The van der Waals surface area contributed by atoms with Crippen molar-refractivity contribution in [1.82, 2.24) is 9.55 Å². The Morgan fingerprint density at radius 2 is 1.77 bits per heavy atom. The van der Waals surface area contributed by atoms with Crippen LogP contribution in [0.15, 0.2) is 79.1 Å². The first-order chi connectivity index (χ1) is 15.2. The average molecular weight is 415 g/mol. The molecule has 0 saturated carbocycles. The third-order valence-electron chi connectivity index (χ3n) is 4.89. The van der Waals surface area contributed by atoms with Gasteiger partial charge in [-0.05, 0) is 61.0 Å². The van der Waals surface area contributed by atoms with Crippen molar-refractivity contribution in [2.45, 2.75) is 13.5 Å². The molecular formula is C25H25N3O3. The lowest BCUT2D eigenvalue weighted by Gasteiger charge is -2.09. The quantitative estimate of drug-likeness (QED) is 0.398. The Kier molecular flexibility index (Phi) is 6.72. The van der Waals surface area contributed by atoms with Crippen molar-refractivity contribution < 1.29 is 14.3 Å². The highest BCUT2D eigenvalue weighted by atomic mass is 16.5. The van der Waals surface area contributed by atoms with Gasteiger partial charge in [0.2, 0.25) is 0 Å².